The van der Waals surface area contributed by atoms with E-state index in [1.165, 1.54) is 10.8 Å². The van der Waals surface area contributed by atoms with Gasteiger partial charge in [0.2, 0.25) is 5.43 Å². The minimum Gasteiger partial charge on any atom is -0.462 e. The first-order chi connectivity index (χ1) is 14.5. The van der Waals surface area contributed by atoms with Gasteiger partial charge in [-0.3, -0.25) is 4.79 Å². The summed E-state index contributed by atoms with van der Waals surface area (Å²) in [4.78, 5) is 29.0. The fraction of sp³-hybridized carbons (Fsp3) is 0.136. The van der Waals surface area contributed by atoms with Crippen LogP contribution in [0.2, 0.25) is 0 Å². The quantitative estimate of drug-likeness (QED) is 0.472. The number of fused-ring (bicyclic) bond motifs is 1. The van der Waals surface area contributed by atoms with Crippen LogP contribution >= 0.6 is 0 Å². The summed E-state index contributed by atoms with van der Waals surface area (Å²) in [6.45, 7) is 2.31. The molecule has 2 aromatic heterocycles. The molecule has 2 heterocycles. The Kier molecular flexibility index (Phi) is 5.14. The maximum Gasteiger partial charge on any atom is 0.343 e. The first-order valence-corrected chi connectivity index (χ1v) is 9.24. The number of halogens is 2. The molecule has 6 nitrogen and oxygen atoms in total. The van der Waals surface area contributed by atoms with Gasteiger partial charge < -0.3 is 13.9 Å². The first-order valence-electron chi connectivity index (χ1n) is 9.24. The summed E-state index contributed by atoms with van der Waals surface area (Å²) < 4.78 is 36.1. The minimum absolute atomic E-state index is 0.0804. The Morgan fingerprint density at radius 3 is 2.53 bits per heavy atom. The Morgan fingerprint density at radius 1 is 1.13 bits per heavy atom. The lowest BCUT2D eigenvalue weighted by atomic mass is 10.1. The Hall–Kier alpha value is -3.81. The molecule has 0 N–H and O–H groups in total. The van der Waals surface area contributed by atoms with Crippen LogP contribution < -0.4 is 5.43 Å². The third-order valence-corrected chi connectivity index (χ3v) is 4.68. The van der Waals surface area contributed by atoms with Gasteiger partial charge in [0.05, 0.1) is 23.8 Å². The predicted molar refractivity (Wildman–Crippen MR) is 107 cm³/mol. The molecule has 0 radical (unpaired) electrons. The Morgan fingerprint density at radius 2 is 1.87 bits per heavy atom. The first kappa shape index (κ1) is 19.5. The van der Waals surface area contributed by atoms with Crippen molar-refractivity contribution in [1.29, 1.82) is 0 Å². The van der Waals surface area contributed by atoms with Gasteiger partial charge in [0.25, 0.3) is 0 Å². The maximum atomic E-state index is 13.9. The largest absolute Gasteiger partial charge is 0.462 e. The van der Waals surface area contributed by atoms with E-state index in [4.69, 9.17) is 4.74 Å². The summed E-state index contributed by atoms with van der Waals surface area (Å²) in [5, 5.41) is -0.109. The number of hydrogen-bond donors (Lipinski definition) is 0. The number of benzene rings is 2. The second kappa shape index (κ2) is 7.90. The Balaban J connectivity index is 1.86. The number of hydrogen-bond acceptors (Lipinski definition) is 4. The van der Waals surface area contributed by atoms with E-state index >= 15 is 0 Å². The molecule has 2 aromatic carbocycles. The molecule has 0 unspecified atom stereocenters. The van der Waals surface area contributed by atoms with Crippen LogP contribution in [-0.2, 0) is 11.3 Å². The molecule has 0 bridgehead atoms. The molecule has 0 aliphatic rings. The van der Waals surface area contributed by atoms with Crippen LogP contribution in [-0.4, -0.2) is 26.7 Å². The second-order valence-electron chi connectivity index (χ2n) is 6.65. The standard InChI is InChI=1S/C22H17F2N3O3/c1-2-30-22(29)17-12-27(20-10-19(24)18(23)9-16(20)21(17)28)15-5-3-14(4-6-15)11-26-8-7-25-13-26/h3-10,12-13H,2,11H2,1H3. The van der Waals surface area contributed by atoms with E-state index in [9.17, 15) is 18.4 Å². The Bertz CT molecular complexity index is 1280. The van der Waals surface area contributed by atoms with Gasteiger partial charge in [-0.05, 0) is 30.7 Å². The van der Waals surface area contributed by atoms with E-state index in [-0.39, 0.29) is 23.1 Å². The highest BCUT2D eigenvalue weighted by Crippen LogP contribution is 2.22. The zero-order valence-electron chi connectivity index (χ0n) is 16.0. The van der Waals surface area contributed by atoms with Crippen LogP contribution in [0.1, 0.15) is 22.8 Å². The smallest absolute Gasteiger partial charge is 0.343 e. The summed E-state index contributed by atoms with van der Waals surface area (Å²) >= 11 is 0. The van der Waals surface area contributed by atoms with Crippen LogP contribution in [0.3, 0.4) is 0 Å². The van der Waals surface area contributed by atoms with Crippen molar-refractivity contribution < 1.29 is 18.3 Å². The molecular weight excluding hydrogens is 392 g/mol. The molecule has 8 heteroatoms. The molecule has 0 amide bonds. The molecule has 0 atom stereocenters. The van der Waals surface area contributed by atoms with E-state index in [2.05, 4.69) is 4.98 Å². The normalized spacial score (nSPS) is 11.0. The summed E-state index contributed by atoms with van der Waals surface area (Å²) in [7, 11) is 0. The van der Waals surface area contributed by atoms with Gasteiger partial charge in [0.15, 0.2) is 11.6 Å². The molecule has 4 aromatic rings. The lowest BCUT2D eigenvalue weighted by Crippen LogP contribution is -2.21. The van der Waals surface area contributed by atoms with Crippen LogP contribution in [0.5, 0.6) is 0 Å². The molecule has 152 valence electrons. The number of carbonyl (C=O) groups is 1. The number of carbonyl (C=O) groups excluding carboxylic acids is 1. The van der Waals surface area contributed by atoms with Crippen molar-refractivity contribution in [3.63, 3.8) is 0 Å². The van der Waals surface area contributed by atoms with Crippen molar-refractivity contribution >= 4 is 16.9 Å². The number of nitrogens with zero attached hydrogens (tertiary/aromatic N) is 3. The predicted octanol–water partition coefficient (Wildman–Crippen LogP) is 3.69. The number of aromatic nitrogens is 3. The van der Waals surface area contributed by atoms with E-state index in [1.807, 2.05) is 22.9 Å². The van der Waals surface area contributed by atoms with Gasteiger partial charge in [-0.25, -0.2) is 18.6 Å². The average molecular weight is 409 g/mol. The lowest BCUT2D eigenvalue weighted by Gasteiger charge is -2.14. The van der Waals surface area contributed by atoms with Gasteiger partial charge >= 0.3 is 5.97 Å². The van der Waals surface area contributed by atoms with Crippen molar-refractivity contribution in [2.45, 2.75) is 13.5 Å². The molecular formula is C22H17F2N3O3. The highest BCUT2D eigenvalue weighted by molar-refractivity contribution is 5.94. The van der Waals surface area contributed by atoms with Gasteiger partial charge in [-0.1, -0.05) is 12.1 Å². The Labute approximate surface area is 170 Å². The van der Waals surface area contributed by atoms with E-state index in [0.29, 0.717) is 12.2 Å². The molecule has 0 spiro atoms. The van der Waals surface area contributed by atoms with Crippen LogP contribution in [0.15, 0.2) is 66.1 Å². The van der Waals surface area contributed by atoms with Crippen LogP contribution in [0.4, 0.5) is 8.78 Å². The number of imidazole rings is 1. The third kappa shape index (κ3) is 3.59. The van der Waals surface area contributed by atoms with Crippen molar-refractivity contribution in [3.05, 3.63) is 94.3 Å². The zero-order valence-corrected chi connectivity index (χ0v) is 16.0. The van der Waals surface area contributed by atoms with Crippen molar-refractivity contribution in [3.8, 4) is 5.69 Å². The number of pyridine rings is 1. The average Bonchev–Trinajstić information content (AvgIpc) is 3.24. The fourth-order valence-electron chi connectivity index (χ4n) is 3.24. The molecule has 0 saturated heterocycles. The number of ether oxygens (including phenoxy) is 1. The number of esters is 1. The molecule has 4 rings (SSSR count). The topological polar surface area (TPSA) is 66.1 Å². The summed E-state index contributed by atoms with van der Waals surface area (Å²) in [6, 6.07) is 9.02. The van der Waals surface area contributed by atoms with Crippen molar-refractivity contribution in [2.75, 3.05) is 6.61 Å². The summed E-state index contributed by atoms with van der Waals surface area (Å²) in [5.41, 5.74) is 0.748. The molecule has 30 heavy (non-hydrogen) atoms. The third-order valence-electron chi connectivity index (χ3n) is 4.68. The summed E-state index contributed by atoms with van der Waals surface area (Å²) in [6.07, 6.45) is 6.52. The van der Waals surface area contributed by atoms with Crippen LogP contribution in [0.25, 0.3) is 16.6 Å². The van der Waals surface area contributed by atoms with Gasteiger partial charge in [0, 0.05) is 36.9 Å². The maximum absolute atomic E-state index is 13.9. The summed E-state index contributed by atoms with van der Waals surface area (Å²) in [5.74, 6) is -3.07. The van der Waals surface area contributed by atoms with E-state index in [1.54, 1.807) is 31.6 Å². The highest BCUT2D eigenvalue weighted by Gasteiger charge is 2.19. The fourth-order valence-corrected chi connectivity index (χ4v) is 3.24. The highest BCUT2D eigenvalue weighted by atomic mass is 19.2. The lowest BCUT2D eigenvalue weighted by molar-refractivity contribution is 0.0524. The van der Waals surface area contributed by atoms with Gasteiger partial charge in [-0.2, -0.15) is 0 Å². The number of rotatable bonds is 5. The van der Waals surface area contributed by atoms with E-state index in [0.717, 1.165) is 17.7 Å². The second-order valence-corrected chi connectivity index (χ2v) is 6.65. The molecule has 0 aliphatic heterocycles. The van der Waals surface area contributed by atoms with Crippen molar-refractivity contribution in [1.82, 2.24) is 14.1 Å². The SMILES string of the molecule is CCOC(=O)c1cn(-c2ccc(Cn3ccnc3)cc2)c2cc(F)c(F)cc2c1=O. The zero-order chi connectivity index (χ0) is 21.3. The monoisotopic (exact) mass is 409 g/mol. The van der Waals surface area contributed by atoms with E-state index < -0.39 is 23.0 Å². The van der Waals surface area contributed by atoms with Crippen molar-refractivity contribution in [2.24, 2.45) is 0 Å². The van der Waals surface area contributed by atoms with Gasteiger partial charge in [-0.15, -0.1) is 0 Å². The van der Waals surface area contributed by atoms with Crippen LogP contribution in [0, 0.1) is 11.6 Å². The molecule has 0 aliphatic carbocycles. The van der Waals surface area contributed by atoms with Gasteiger partial charge in [0.1, 0.15) is 5.56 Å². The molecule has 0 fully saturated rings. The molecule has 0 saturated carbocycles. The minimum atomic E-state index is -1.16.